The molecule has 1 nitrogen and oxygen atoms in total. The summed E-state index contributed by atoms with van der Waals surface area (Å²) in [6.45, 7) is 3.89. The van der Waals surface area contributed by atoms with Crippen LogP contribution in [-0.4, -0.2) is 24.5 Å². The van der Waals surface area contributed by atoms with Gasteiger partial charge in [-0.05, 0) is 103 Å². The van der Waals surface area contributed by atoms with Crippen molar-refractivity contribution in [3.63, 3.8) is 0 Å². The zero-order valence-corrected chi connectivity index (χ0v) is 13.3. The average Bonchev–Trinajstić information content (AvgIpc) is 3.10. The normalized spacial score (nSPS) is 24.6. The number of hydrogen-bond donors (Lipinski definition) is 0. The number of hydrogen-bond acceptors (Lipinski definition) is 1. The van der Waals surface area contributed by atoms with Gasteiger partial charge < -0.3 is 4.90 Å². The van der Waals surface area contributed by atoms with Gasteiger partial charge >= 0.3 is 17.1 Å². The van der Waals surface area contributed by atoms with Crippen LogP contribution in [-0.2, 0) is 17.1 Å². The Morgan fingerprint density at radius 1 is 0.700 bits per heavy atom. The predicted octanol–water partition coefficient (Wildman–Crippen LogP) is 3.68. The molecule has 3 aliphatic rings. The number of likely N-dealkylation sites (tertiary alicyclic amines) is 1. The second-order valence-corrected chi connectivity index (χ2v) is 5.26. The third-order valence-corrected chi connectivity index (χ3v) is 3.70. The molecule has 2 aliphatic carbocycles. The molecule has 0 amide bonds. The predicted molar refractivity (Wildman–Crippen MR) is 81.5 cm³/mol. The quantitative estimate of drug-likeness (QED) is 0.719. The Morgan fingerprint density at radius 3 is 1.70 bits per heavy atom. The Hall–Kier alpha value is 0.479. The molecule has 3 rings (SSSR count). The molecule has 3 fully saturated rings. The molecule has 1 heterocycles. The van der Waals surface area contributed by atoms with Crippen LogP contribution >= 0.6 is 0 Å². The smallest absolute Gasteiger partial charge is 0.303 e. The third kappa shape index (κ3) is 8.05. The zero-order chi connectivity index (χ0) is 13.2. The van der Waals surface area contributed by atoms with Crippen LogP contribution < -0.4 is 0 Å². The Morgan fingerprint density at radius 2 is 1.20 bits per heavy atom. The van der Waals surface area contributed by atoms with E-state index in [0.29, 0.717) is 0 Å². The van der Waals surface area contributed by atoms with Crippen LogP contribution in [0.4, 0.5) is 0 Å². The third-order valence-electron chi connectivity index (χ3n) is 3.70. The molecule has 0 bridgehead atoms. The summed E-state index contributed by atoms with van der Waals surface area (Å²) in [5.41, 5.74) is 0. The second kappa shape index (κ2) is 12.1. The molecule has 0 N–H and O–H groups in total. The maximum Gasteiger partial charge on any atom is 2.00 e. The van der Waals surface area contributed by atoms with Crippen molar-refractivity contribution in [3.05, 3.63) is 63.7 Å². The minimum Gasteiger partial charge on any atom is -0.303 e. The molecule has 0 atom stereocenters. The molecule has 108 valence electrons. The number of nitrogens with zero attached hydrogens (tertiary/aromatic N) is 1. The first kappa shape index (κ1) is 18.5. The maximum absolute atomic E-state index is 2.62. The minimum absolute atomic E-state index is 0. The van der Waals surface area contributed by atoms with E-state index in [0.717, 1.165) is 0 Å². The van der Waals surface area contributed by atoms with Gasteiger partial charge in [0, 0.05) is 0 Å². The van der Waals surface area contributed by atoms with E-state index in [-0.39, 0.29) is 17.1 Å². The Kier molecular flexibility index (Phi) is 11.2. The van der Waals surface area contributed by atoms with Gasteiger partial charge in [-0.25, -0.2) is 0 Å². The van der Waals surface area contributed by atoms with E-state index < -0.39 is 0 Å². The van der Waals surface area contributed by atoms with Gasteiger partial charge in [0.25, 0.3) is 0 Å². The fourth-order valence-corrected chi connectivity index (χ4v) is 2.55. The fourth-order valence-electron chi connectivity index (χ4n) is 2.55. The van der Waals surface area contributed by atoms with Gasteiger partial charge in [-0.15, -0.1) is 0 Å². The first-order chi connectivity index (χ1) is 9.45. The molecular weight excluding hydrogens is 286 g/mol. The van der Waals surface area contributed by atoms with Gasteiger partial charge in [0.15, 0.2) is 0 Å². The summed E-state index contributed by atoms with van der Waals surface area (Å²) in [6.07, 6.45) is 25.7. The summed E-state index contributed by atoms with van der Waals surface area (Å²) >= 11 is 0. The Labute approximate surface area is 137 Å². The van der Waals surface area contributed by atoms with E-state index in [1.54, 1.807) is 0 Å². The van der Waals surface area contributed by atoms with Crippen LogP contribution in [0.1, 0.15) is 32.1 Å². The van der Waals surface area contributed by atoms with Crippen molar-refractivity contribution in [2.75, 3.05) is 19.6 Å². The van der Waals surface area contributed by atoms with Crippen LogP contribution in [0.2, 0.25) is 0 Å². The summed E-state index contributed by atoms with van der Waals surface area (Å²) in [4.78, 5) is 2.62. The van der Waals surface area contributed by atoms with Gasteiger partial charge in [0.2, 0.25) is 0 Å². The SMILES string of the molecule is [CH]1[CH][CH][CH][CH]1.[CH]1[CH][CH][C](CCN2CCCCCC2)[CH]1.[Fe+2]. The van der Waals surface area contributed by atoms with Crippen molar-refractivity contribution < 1.29 is 17.1 Å². The van der Waals surface area contributed by atoms with Gasteiger partial charge in [0.1, 0.15) is 0 Å². The fraction of sp³-hybridized carbons (Fsp3) is 0.444. The molecule has 0 spiro atoms. The van der Waals surface area contributed by atoms with Crippen molar-refractivity contribution in [2.24, 2.45) is 0 Å². The molecule has 20 heavy (non-hydrogen) atoms. The van der Waals surface area contributed by atoms with Crippen molar-refractivity contribution in [1.29, 1.82) is 0 Å². The summed E-state index contributed by atoms with van der Waals surface area (Å²) < 4.78 is 0. The number of rotatable bonds is 3. The molecule has 2 heteroatoms. The van der Waals surface area contributed by atoms with E-state index in [1.807, 2.05) is 32.1 Å². The van der Waals surface area contributed by atoms with Crippen LogP contribution in [0.25, 0.3) is 0 Å². The van der Waals surface area contributed by atoms with Gasteiger partial charge in [-0.1, -0.05) is 12.8 Å². The first-order valence-electron chi connectivity index (χ1n) is 7.55. The molecule has 0 unspecified atom stereocenters. The van der Waals surface area contributed by atoms with Crippen LogP contribution in [0.5, 0.6) is 0 Å². The average molecular weight is 311 g/mol. The molecule has 1 saturated heterocycles. The standard InChI is InChI=1S/C13H20N.C5H5.Fe/c1-2-6-11-14(10-5-1)12-9-13-7-3-4-8-13;1-2-4-5-3-1;/h3-4,7-8H,1-2,5-6,9-12H2;1-5H;/q;;+2. The molecule has 0 aromatic heterocycles. The second-order valence-electron chi connectivity index (χ2n) is 5.26. The van der Waals surface area contributed by atoms with Gasteiger partial charge in [-0.3, -0.25) is 0 Å². The first-order valence-corrected chi connectivity index (χ1v) is 7.55. The van der Waals surface area contributed by atoms with Crippen molar-refractivity contribution >= 4 is 0 Å². The van der Waals surface area contributed by atoms with E-state index in [9.17, 15) is 0 Å². The monoisotopic (exact) mass is 311 g/mol. The molecular formula is C18H25FeN+2. The summed E-state index contributed by atoms with van der Waals surface area (Å²) in [7, 11) is 0. The zero-order valence-electron chi connectivity index (χ0n) is 12.2. The molecule has 0 aromatic carbocycles. The molecule has 2 saturated carbocycles. The topological polar surface area (TPSA) is 3.24 Å². The summed E-state index contributed by atoms with van der Waals surface area (Å²) in [6, 6.07) is 0. The molecule has 0 aromatic rings. The summed E-state index contributed by atoms with van der Waals surface area (Å²) in [5, 5.41) is 0. The van der Waals surface area contributed by atoms with Crippen LogP contribution in [0.3, 0.4) is 0 Å². The summed E-state index contributed by atoms with van der Waals surface area (Å²) in [5.74, 6) is 1.49. The van der Waals surface area contributed by atoms with E-state index in [2.05, 4.69) is 30.6 Å². The van der Waals surface area contributed by atoms with E-state index in [1.165, 1.54) is 57.7 Å². The van der Waals surface area contributed by atoms with E-state index in [4.69, 9.17) is 0 Å². The van der Waals surface area contributed by atoms with Gasteiger partial charge in [-0.2, -0.15) is 0 Å². The Bertz CT molecular complexity index is 194. The van der Waals surface area contributed by atoms with Crippen LogP contribution in [0, 0.1) is 63.7 Å². The molecule has 10 radical (unpaired) electrons. The van der Waals surface area contributed by atoms with Crippen molar-refractivity contribution in [2.45, 2.75) is 32.1 Å². The minimum atomic E-state index is 0. The van der Waals surface area contributed by atoms with Crippen LogP contribution in [0.15, 0.2) is 0 Å². The molecule has 1 aliphatic heterocycles. The largest absolute Gasteiger partial charge is 2.00 e. The Balaban J connectivity index is 0.000000283. The maximum atomic E-state index is 2.62. The van der Waals surface area contributed by atoms with Gasteiger partial charge in [0.05, 0.1) is 0 Å². The van der Waals surface area contributed by atoms with Crippen molar-refractivity contribution in [1.82, 2.24) is 4.90 Å². The van der Waals surface area contributed by atoms with E-state index >= 15 is 0 Å². The van der Waals surface area contributed by atoms with Crippen molar-refractivity contribution in [3.8, 4) is 0 Å².